The van der Waals surface area contributed by atoms with Gasteiger partial charge < -0.3 is 4.74 Å². The first kappa shape index (κ1) is 12.7. The molecule has 0 aromatic heterocycles. The number of hydrogen-bond donors (Lipinski definition) is 0. The second-order valence-electron chi connectivity index (χ2n) is 5.13. The Bertz CT molecular complexity index is 421. The molecule has 2 rings (SSSR count). The summed E-state index contributed by atoms with van der Waals surface area (Å²) in [6.07, 6.45) is 2.60. The number of aryl methyl sites for hydroxylation is 2. The van der Waals surface area contributed by atoms with Gasteiger partial charge in [-0.2, -0.15) is 0 Å². The van der Waals surface area contributed by atoms with Gasteiger partial charge in [0.2, 0.25) is 0 Å². The van der Waals surface area contributed by atoms with Gasteiger partial charge in [0.15, 0.2) is 0 Å². The van der Waals surface area contributed by atoms with Crippen LogP contribution >= 0.6 is 15.9 Å². The minimum absolute atomic E-state index is 0.372. The fourth-order valence-corrected chi connectivity index (χ4v) is 2.46. The van der Waals surface area contributed by atoms with E-state index in [9.17, 15) is 0 Å². The highest BCUT2D eigenvalue weighted by Crippen LogP contribution is 2.36. The summed E-state index contributed by atoms with van der Waals surface area (Å²) in [5.74, 6) is 1.66. The molecule has 0 heterocycles. The third-order valence-corrected chi connectivity index (χ3v) is 4.76. The van der Waals surface area contributed by atoms with Gasteiger partial charge in [-0.1, -0.05) is 28.1 Å². The Morgan fingerprint density at radius 2 is 1.82 bits per heavy atom. The molecule has 0 amide bonds. The van der Waals surface area contributed by atoms with Crippen LogP contribution in [0.3, 0.4) is 0 Å². The lowest BCUT2D eigenvalue weighted by Crippen LogP contribution is -2.34. The third-order valence-electron chi connectivity index (χ3n) is 3.50. The van der Waals surface area contributed by atoms with Gasteiger partial charge in [-0.3, -0.25) is 0 Å². The van der Waals surface area contributed by atoms with Crippen molar-refractivity contribution in [1.82, 2.24) is 0 Å². The lowest BCUT2D eigenvalue weighted by molar-refractivity contribution is 0.0814. The zero-order valence-electron chi connectivity index (χ0n) is 10.7. The predicted molar refractivity (Wildman–Crippen MR) is 75.6 cm³/mol. The smallest absolute Gasteiger partial charge is 0.120 e. The summed E-state index contributed by atoms with van der Waals surface area (Å²) in [5.41, 5.74) is 3.75. The van der Waals surface area contributed by atoms with Crippen molar-refractivity contribution in [3.8, 4) is 5.75 Å². The quantitative estimate of drug-likeness (QED) is 0.728. The molecule has 0 atom stereocenters. The fourth-order valence-electron chi connectivity index (χ4n) is 2.23. The van der Waals surface area contributed by atoms with Crippen LogP contribution in [0.5, 0.6) is 5.75 Å². The minimum Gasteiger partial charge on any atom is -0.490 e. The summed E-state index contributed by atoms with van der Waals surface area (Å²) in [6.45, 7) is 10.3. The van der Waals surface area contributed by atoms with E-state index in [2.05, 4.69) is 55.4 Å². The number of allylic oxidation sites excluding steroid dienone is 1. The summed E-state index contributed by atoms with van der Waals surface area (Å²) in [5, 5.41) is 0. The van der Waals surface area contributed by atoms with Crippen LogP contribution in [0.4, 0.5) is 0 Å². The molecule has 0 unspecified atom stereocenters. The van der Waals surface area contributed by atoms with Crippen molar-refractivity contribution in [3.05, 3.63) is 39.9 Å². The van der Waals surface area contributed by atoms with Gasteiger partial charge in [0, 0.05) is 4.47 Å². The van der Waals surface area contributed by atoms with E-state index >= 15 is 0 Å². The number of halogens is 1. The molecule has 1 aromatic rings. The molecule has 92 valence electrons. The lowest BCUT2D eigenvalue weighted by atomic mass is 9.78. The molecule has 0 bridgehead atoms. The number of hydrogen-bond acceptors (Lipinski definition) is 1. The van der Waals surface area contributed by atoms with Crippen LogP contribution < -0.4 is 4.74 Å². The van der Waals surface area contributed by atoms with Crippen molar-refractivity contribution in [2.75, 3.05) is 0 Å². The van der Waals surface area contributed by atoms with Crippen molar-refractivity contribution >= 4 is 15.9 Å². The zero-order valence-corrected chi connectivity index (χ0v) is 12.3. The van der Waals surface area contributed by atoms with E-state index in [0.29, 0.717) is 12.0 Å². The van der Waals surface area contributed by atoms with Gasteiger partial charge in [0.05, 0.1) is 6.10 Å². The molecule has 0 N–H and O–H groups in total. The molecular formula is C15H19BrO. The van der Waals surface area contributed by atoms with E-state index in [1.807, 2.05) is 0 Å². The van der Waals surface area contributed by atoms with Crippen LogP contribution in [0, 0.1) is 19.8 Å². The maximum absolute atomic E-state index is 5.99. The van der Waals surface area contributed by atoms with Crippen LogP contribution in [-0.2, 0) is 0 Å². The van der Waals surface area contributed by atoms with E-state index in [1.54, 1.807) is 0 Å². The minimum atomic E-state index is 0.372. The Balaban J connectivity index is 1.99. The van der Waals surface area contributed by atoms with Crippen molar-refractivity contribution in [2.24, 2.45) is 5.92 Å². The van der Waals surface area contributed by atoms with Crippen molar-refractivity contribution in [3.63, 3.8) is 0 Å². The number of benzene rings is 1. The Kier molecular flexibility index (Phi) is 3.62. The predicted octanol–water partition coefficient (Wildman–Crippen LogP) is 4.80. The molecule has 0 spiro atoms. The van der Waals surface area contributed by atoms with Crippen LogP contribution in [0.2, 0.25) is 0 Å². The first-order valence-corrected chi connectivity index (χ1v) is 6.85. The maximum Gasteiger partial charge on any atom is 0.120 e. The average Bonchev–Trinajstić information content (AvgIpc) is 2.18. The second kappa shape index (κ2) is 4.85. The first-order valence-electron chi connectivity index (χ1n) is 6.06. The molecule has 1 nitrogen and oxygen atoms in total. The standard InChI is InChI=1S/C15H19BrO/c1-9(2)12-7-14(8-12)17-13-5-10(3)15(16)11(4)6-13/h5-6,12,14H,1,7-8H2,2-4H3. The van der Waals surface area contributed by atoms with Gasteiger partial charge in [-0.15, -0.1) is 0 Å². The maximum atomic E-state index is 5.99. The third kappa shape index (κ3) is 2.74. The molecule has 0 saturated heterocycles. The molecule has 2 heteroatoms. The van der Waals surface area contributed by atoms with Crippen LogP contribution in [0.1, 0.15) is 30.9 Å². The molecular weight excluding hydrogens is 276 g/mol. The van der Waals surface area contributed by atoms with E-state index in [0.717, 1.165) is 18.6 Å². The van der Waals surface area contributed by atoms with Crippen LogP contribution in [-0.4, -0.2) is 6.10 Å². The number of rotatable bonds is 3. The van der Waals surface area contributed by atoms with E-state index in [4.69, 9.17) is 4.74 Å². The highest BCUT2D eigenvalue weighted by molar-refractivity contribution is 9.10. The monoisotopic (exact) mass is 294 g/mol. The van der Waals surface area contributed by atoms with Gasteiger partial charge in [-0.05, 0) is 62.8 Å². The highest BCUT2D eigenvalue weighted by atomic mass is 79.9. The van der Waals surface area contributed by atoms with Gasteiger partial charge in [-0.25, -0.2) is 0 Å². The molecule has 1 aliphatic rings. The summed E-state index contributed by atoms with van der Waals surface area (Å²) in [6, 6.07) is 4.20. The molecule has 0 aliphatic heterocycles. The molecule has 17 heavy (non-hydrogen) atoms. The molecule has 0 radical (unpaired) electrons. The Labute approximate surface area is 112 Å². The summed E-state index contributed by atoms with van der Waals surface area (Å²) in [4.78, 5) is 0. The normalized spacial score (nSPS) is 23.1. The Hall–Kier alpha value is -0.760. The van der Waals surface area contributed by atoms with Gasteiger partial charge >= 0.3 is 0 Å². The Morgan fingerprint density at radius 1 is 1.29 bits per heavy atom. The van der Waals surface area contributed by atoms with Crippen LogP contribution in [0.15, 0.2) is 28.8 Å². The van der Waals surface area contributed by atoms with Crippen LogP contribution in [0.25, 0.3) is 0 Å². The fraction of sp³-hybridized carbons (Fsp3) is 0.467. The van der Waals surface area contributed by atoms with E-state index < -0.39 is 0 Å². The summed E-state index contributed by atoms with van der Waals surface area (Å²) < 4.78 is 7.16. The van der Waals surface area contributed by atoms with Crippen molar-refractivity contribution in [2.45, 2.75) is 39.7 Å². The topological polar surface area (TPSA) is 9.23 Å². The Morgan fingerprint density at radius 3 is 2.29 bits per heavy atom. The number of ether oxygens (including phenoxy) is 1. The zero-order chi connectivity index (χ0) is 12.6. The van der Waals surface area contributed by atoms with E-state index in [1.165, 1.54) is 21.2 Å². The molecule has 1 aromatic carbocycles. The molecule has 1 fully saturated rings. The summed E-state index contributed by atoms with van der Waals surface area (Å²) >= 11 is 3.57. The first-order chi connectivity index (χ1) is 7.97. The molecule has 1 aliphatic carbocycles. The second-order valence-corrected chi connectivity index (χ2v) is 5.92. The lowest BCUT2D eigenvalue weighted by Gasteiger charge is -2.36. The average molecular weight is 295 g/mol. The van der Waals surface area contributed by atoms with Crippen molar-refractivity contribution < 1.29 is 4.74 Å². The SMILES string of the molecule is C=C(C)C1CC(Oc2cc(C)c(Br)c(C)c2)C1. The van der Waals surface area contributed by atoms with Gasteiger partial charge in [0.1, 0.15) is 5.75 Å². The highest BCUT2D eigenvalue weighted by Gasteiger charge is 2.31. The largest absolute Gasteiger partial charge is 0.490 e. The molecule has 1 saturated carbocycles. The van der Waals surface area contributed by atoms with Gasteiger partial charge in [0.25, 0.3) is 0 Å². The van der Waals surface area contributed by atoms with E-state index in [-0.39, 0.29) is 0 Å². The summed E-state index contributed by atoms with van der Waals surface area (Å²) in [7, 11) is 0. The van der Waals surface area contributed by atoms with Crippen molar-refractivity contribution in [1.29, 1.82) is 0 Å².